The molecule has 0 heterocycles. The highest BCUT2D eigenvalue weighted by Gasteiger charge is 2.12. The lowest BCUT2D eigenvalue weighted by atomic mass is 10.1. The molecule has 0 saturated carbocycles. The Morgan fingerprint density at radius 3 is 2.50 bits per heavy atom. The fraction of sp³-hybridized carbons (Fsp3) is 0.400. The van der Waals surface area contributed by atoms with Crippen molar-refractivity contribution in [3.05, 3.63) is 23.8 Å². The minimum atomic E-state index is -3.32. The zero-order valence-electron chi connectivity index (χ0n) is 8.32. The maximum atomic E-state index is 11.3. The molecule has 1 aromatic carbocycles. The number of sulfone groups is 1. The van der Waals surface area contributed by atoms with Crippen LogP contribution >= 0.6 is 0 Å². The van der Waals surface area contributed by atoms with Gasteiger partial charge in [-0.1, -0.05) is 19.4 Å². The van der Waals surface area contributed by atoms with Crippen LogP contribution in [-0.4, -0.2) is 19.8 Å². The van der Waals surface area contributed by atoms with E-state index in [0.29, 0.717) is 0 Å². The van der Waals surface area contributed by atoms with Gasteiger partial charge in [-0.25, -0.2) is 8.42 Å². The van der Waals surface area contributed by atoms with Crippen molar-refractivity contribution in [2.75, 3.05) is 6.26 Å². The van der Waals surface area contributed by atoms with E-state index in [1.54, 1.807) is 6.07 Å². The lowest BCUT2D eigenvalue weighted by molar-refractivity contribution is 0.458. The minimum Gasteiger partial charge on any atom is -0.507 e. The number of aromatic hydroxyl groups is 1. The van der Waals surface area contributed by atoms with Crippen molar-refractivity contribution in [1.29, 1.82) is 0 Å². The van der Waals surface area contributed by atoms with Crippen LogP contribution in [-0.2, 0) is 16.3 Å². The second-order valence-electron chi connectivity index (χ2n) is 3.32. The molecule has 0 amide bonds. The number of hydrogen-bond donors (Lipinski definition) is 1. The first-order chi connectivity index (χ1) is 6.45. The Labute approximate surface area is 84.3 Å². The molecule has 0 radical (unpaired) electrons. The third-order valence-corrected chi connectivity index (χ3v) is 3.09. The normalized spacial score (nSPS) is 11.6. The molecule has 78 valence electrons. The van der Waals surface area contributed by atoms with Gasteiger partial charge in [-0.2, -0.15) is 0 Å². The Balaban J connectivity index is 3.22. The summed E-state index contributed by atoms with van der Waals surface area (Å²) in [7, 11) is -3.32. The van der Waals surface area contributed by atoms with Crippen LogP contribution in [0.25, 0.3) is 0 Å². The summed E-state index contributed by atoms with van der Waals surface area (Å²) in [5.74, 6) is -0.174. The smallest absolute Gasteiger partial charge is 0.179 e. The molecule has 0 fully saturated rings. The standard InChI is InChI=1S/C10H14O3S/c1-3-4-8-5-6-9(11)10(7-8)14(2,12)13/h5-7,11H,3-4H2,1-2H3. The average molecular weight is 214 g/mol. The molecule has 0 spiro atoms. The lowest BCUT2D eigenvalue weighted by Gasteiger charge is -2.04. The van der Waals surface area contributed by atoms with Crippen LogP contribution in [0.2, 0.25) is 0 Å². The summed E-state index contributed by atoms with van der Waals surface area (Å²) in [6.07, 6.45) is 2.87. The summed E-state index contributed by atoms with van der Waals surface area (Å²) in [5, 5.41) is 9.36. The van der Waals surface area contributed by atoms with Gasteiger partial charge in [-0.15, -0.1) is 0 Å². The van der Waals surface area contributed by atoms with Gasteiger partial charge in [0.15, 0.2) is 9.84 Å². The second-order valence-corrected chi connectivity index (χ2v) is 5.31. The van der Waals surface area contributed by atoms with Crippen molar-refractivity contribution in [2.24, 2.45) is 0 Å². The maximum absolute atomic E-state index is 11.3. The van der Waals surface area contributed by atoms with Crippen molar-refractivity contribution < 1.29 is 13.5 Å². The second kappa shape index (κ2) is 4.00. The van der Waals surface area contributed by atoms with Gasteiger partial charge in [-0.3, -0.25) is 0 Å². The minimum absolute atomic E-state index is 0.0171. The molecule has 1 rings (SSSR count). The summed E-state index contributed by atoms with van der Waals surface area (Å²) in [6.45, 7) is 2.02. The average Bonchev–Trinajstić information content (AvgIpc) is 2.07. The predicted octanol–water partition coefficient (Wildman–Crippen LogP) is 1.75. The summed E-state index contributed by atoms with van der Waals surface area (Å²) in [4.78, 5) is 0.0171. The zero-order valence-corrected chi connectivity index (χ0v) is 9.13. The van der Waals surface area contributed by atoms with Crippen LogP contribution in [0, 0.1) is 0 Å². The highest BCUT2D eigenvalue weighted by Crippen LogP contribution is 2.23. The van der Waals surface area contributed by atoms with Gasteiger partial charge in [-0.05, 0) is 24.1 Å². The van der Waals surface area contributed by atoms with Crippen LogP contribution in [0.15, 0.2) is 23.1 Å². The van der Waals surface area contributed by atoms with Crippen molar-refractivity contribution in [2.45, 2.75) is 24.7 Å². The van der Waals surface area contributed by atoms with E-state index in [4.69, 9.17) is 0 Å². The molecule has 14 heavy (non-hydrogen) atoms. The molecule has 4 heteroatoms. The van der Waals surface area contributed by atoms with Gasteiger partial charge in [0, 0.05) is 6.26 Å². The monoisotopic (exact) mass is 214 g/mol. The molecule has 0 aliphatic rings. The summed E-state index contributed by atoms with van der Waals surface area (Å²) in [5.41, 5.74) is 0.936. The largest absolute Gasteiger partial charge is 0.507 e. The molecule has 0 aliphatic carbocycles. The summed E-state index contributed by atoms with van der Waals surface area (Å²) >= 11 is 0. The molecule has 1 aromatic rings. The fourth-order valence-corrected chi connectivity index (χ4v) is 2.11. The number of benzene rings is 1. The SMILES string of the molecule is CCCc1ccc(O)c(S(C)(=O)=O)c1. The quantitative estimate of drug-likeness (QED) is 0.834. The van der Waals surface area contributed by atoms with Gasteiger partial charge >= 0.3 is 0 Å². The van der Waals surface area contributed by atoms with Gasteiger partial charge in [0.05, 0.1) is 0 Å². The first-order valence-electron chi connectivity index (χ1n) is 4.47. The van der Waals surface area contributed by atoms with Gasteiger partial charge in [0.1, 0.15) is 10.6 Å². The van der Waals surface area contributed by atoms with E-state index in [-0.39, 0.29) is 10.6 Å². The molecule has 0 atom stereocenters. The van der Waals surface area contributed by atoms with E-state index in [1.165, 1.54) is 12.1 Å². The predicted molar refractivity (Wildman–Crippen MR) is 55.2 cm³/mol. The van der Waals surface area contributed by atoms with Crippen LogP contribution in [0.5, 0.6) is 5.75 Å². The highest BCUT2D eigenvalue weighted by molar-refractivity contribution is 7.90. The molecule has 3 nitrogen and oxygen atoms in total. The molecule has 0 bridgehead atoms. The van der Waals surface area contributed by atoms with Crippen molar-refractivity contribution in [3.8, 4) is 5.75 Å². The van der Waals surface area contributed by atoms with Crippen molar-refractivity contribution >= 4 is 9.84 Å². The van der Waals surface area contributed by atoms with E-state index in [0.717, 1.165) is 24.7 Å². The Morgan fingerprint density at radius 1 is 1.36 bits per heavy atom. The fourth-order valence-electron chi connectivity index (χ4n) is 1.30. The van der Waals surface area contributed by atoms with Gasteiger partial charge in [0.2, 0.25) is 0 Å². The number of hydrogen-bond acceptors (Lipinski definition) is 3. The van der Waals surface area contributed by atoms with E-state index in [1.807, 2.05) is 6.92 Å². The van der Waals surface area contributed by atoms with Crippen LogP contribution in [0.4, 0.5) is 0 Å². The summed E-state index contributed by atoms with van der Waals surface area (Å²) in [6, 6.07) is 4.71. The number of aryl methyl sites for hydroxylation is 1. The van der Waals surface area contributed by atoms with E-state index >= 15 is 0 Å². The number of phenolic OH excluding ortho intramolecular Hbond substituents is 1. The van der Waals surface area contributed by atoms with Crippen LogP contribution < -0.4 is 0 Å². The lowest BCUT2D eigenvalue weighted by Crippen LogP contribution is -1.98. The zero-order chi connectivity index (χ0) is 10.8. The Hall–Kier alpha value is -1.03. The molecule has 0 saturated heterocycles. The van der Waals surface area contributed by atoms with Crippen LogP contribution in [0.1, 0.15) is 18.9 Å². The van der Waals surface area contributed by atoms with E-state index in [2.05, 4.69) is 0 Å². The Kier molecular flexibility index (Phi) is 3.16. The number of phenols is 1. The van der Waals surface area contributed by atoms with Gasteiger partial charge < -0.3 is 5.11 Å². The molecule has 0 unspecified atom stereocenters. The first kappa shape index (κ1) is 11.0. The van der Waals surface area contributed by atoms with Crippen molar-refractivity contribution in [1.82, 2.24) is 0 Å². The van der Waals surface area contributed by atoms with Crippen molar-refractivity contribution in [3.63, 3.8) is 0 Å². The molecule has 0 aromatic heterocycles. The molecular formula is C10H14O3S. The molecule has 0 aliphatic heterocycles. The summed E-state index contributed by atoms with van der Waals surface area (Å²) < 4.78 is 22.5. The van der Waals surface area contributed by atoms with Gasteiger partial charge in [0.25, 0.3) is 0 Å². The first-order valence-corrected chi connectivity index (χ1v) is 6.36. The topological polar surface area (TPSA) is 54.4 Å². The van der Waals surface area contributed by atoms with E-state index < -0.39 is 9.84 Å². The third kappa shape index (κ3) is 2.48. The molecule has 1 N–H and O–H groups in total. The number of rotatable bonds is 3. The maximum Gasteiger partial charge on any atom is 0.179 e. The van der Waals surface area contributed by atoms with E-state index in [9.17, 15) is 13.5 Å². The third-order valence-electron chi connectivity index (χ3n) is 1.96. The Morgan fingerprint density at radius 2 is 2.00 bits per heavy atom. The molecular weight excluding hydrogens is 200 g/mol. The van der Waals surface area contributed by atoms with Crippen LogP contribution in [0.3, 0.4) is 0 Å². The highest BCUT2D eigenvalue weighted by atomic mass is 32.2. The Bertz CT molecular complexity index is 421.